The van der Waals surface area contributed by atoms with E-state index in [2.05, 4.69) is 59.7 Å². The van der Waals surface area contributed by atoms with Crippen molar-refractivity contribution in [2.45, 2.75) is 125 Å². The van der Waals surface area contributed by atoms with Gasteiger partial charge in [-0.3, -0.25) is 4.79 Å². The molecule has 7 nitrogen and oxygen atoms in total. The van der Waals surface area contributed by atoms with Gasteiger partial charge in [-0.2, -0.15) is 0 Å². The molecule has 1 heterocycles. The average Bonchev–Trinajstić information content (AvgIpc) is 3.41. The first kappa shape index (κ1) is 32.8. The summed E-state index contributed by atoms with van der Waals surface area (Å²) < 4.78 is 11.7. The number of amides is 1. The van der Waals surface area contributed by atoms with E-state index in [1.54, 1.807) is 4.90 Å². The van der Waals surface area contributed by atoms with Gasteiger partial charge < -0.3 is 19.3 Å². The van der Waals surface area contributed by atoms with Crippen molar-refractivity contribution in [1.82, 2.24) is 10.1 Å². The van der Waals surface area contributed by atoms with Gasteiger partial charge in [-0.05, 0) is 117 Å². The largest absolute Gasteiger partial charge is 0.444 e. The van der Waals surface area contributed by atoms with Crippen LogP contribution >= 0.6 is 0 Å². The van der Waals surface area contributed by atoms with Crippen LogP contribution in [0, 0.1) is 51.2 Å². The lowest BCUT2D eigenvalue weighted by molar-refractivity contribution is -0.180. The minimum atomic E-state index is -0.619. The standard InChI is InChI=1S/C38H58N2O5/c1-23-11-14-38(22-40(17-18-41)32(43)44-33(3,4)5)16-15-37(10)30(29(38)24(23)2)26(42)19-28-35(8)20-25-21-39-45-31(25)34(6,7)27(35)12-13-36(28,37)9/h19,21,23-24,27,29-30,41H,11-18,20,22H2,1-10H3/t23-,24+,27+,29+,30-,35+,36-,37-,38-/m1/s1. The van der Waals surface area contributed by atoms with Crippen molar-refractivity contribution in [2.75, 3.05) is 19.7 Å². The molecule has 0 bridgehead atoms. The minimum absolute atomic E-state index is 0.102. The first-order valence-corrected chi connectivity index (χ1v) is 17.6. The fourth-order valence-electron chi connectivity index (χ4n) is 12.0. The summed E-state index contributed by atoms with van der Waals surface area (Å²) in [7, 11) is 0. The zero-order valence-corrected chi connectivity index (χ0v) is 29.6. The smallest absolute Gasteiger partial charge is 0.410 e. The number of aromatic nitrogens is 1. The number of fused-ring (bicyclic) bond motifs is 8. The Morgan fingerprint density at radius 3 is 2.47 bits per heavy atom. The molecule has 0 spiro atoms. The van der Waals surface area contributed by atoms with Gasteiger partial charge in [0.05, 0.1) is 12.8 Å². The maximum absolute atomic E-state index is 14.9. The second-order valence-corrected chi connectivity index (χ2v) is 18.2. The maximum atomic E-state index is 14.9. The number of rotatable bonds is 4. The minimum Gasteiger partial charge on any atom is -0.444 e. The first-order valence-electron chi connectivity index (χ1n) is 17.6. The molecule has 1 aromatic heterocycles. The molecule has 5 aliphatic carbocycles. The van der Waals surface area contributed by atoms with Crippen LogP contribution in [0.4, 0.5) is 4.79 Å². The number of aliphatic hydroxyl groups is 1. The van der Waals surface area contributed by atoms with Gasteiger partial charge in [0.25, 0.3) is 0 Å². The fourth-order valence-corrected chi connectivity index (χ4v) is 12.0. The van der Waals surface area contributed by atoms with E-state index in [-0.39, 0.29) is 58.2 Å². The summed E-state index contributed by atoms with van der Waals surface area (Å²) in [6.45, 7) is 23.0. The van der Waals surface area contributed by atoms with Crippen molar-refractivity contribution < 1.29 is 24.0 Å². The molecule has 9 atom stereocenters. The number of hydrogen-bond acceptors (Lipinski definition) is 6. The third kappa shape index (κ3) is 4.63. The van der Waals surface area contributed by atoms with Crippen molar-refractivity contribution in [1.29, 1.82) is 0 Å². The van der Waals surface area contributed by atoms with E-state index in [0.29, 0.717) is 30.1 Å². The summed E-state index contributed by atoms with van der Waals surface area (Å²) in [4.78, 5) is 30.2. The third-order valence-corrected chi connectivity index (χ3v) is 14.4. The average molecular weight is 623 g/mol. The van der Waals surface area contributed by atoms with Gasteiger partial charge in [-0.1, -0.05) is 59.2 Å². The van der Waals surface area contributed by atoms with Crippen LogP contribution < -0.4 is 0 Å². The molecule has 250 valence electrons. The first-order chi connectivity index (χ1) is 20.8. The number of ether oxygens (including phenoxy) is 1. The number of aliphatic hydroxyl groups excluding tert-OH is 1. The molecule has 7 heteroatoms. The molecule has 5 aliphatic rings. The van der Waals surface area contributed by atoms with Crippen molar-refractivity contribution in [2.24, 2.45) is 51.2 Å². The SMILES string of the molecule is C[C@@H]1[C@H]2[C@H]3C(=O)C=C4[C@@]5(C)Cc6cnoc6C(C)(C)[C@@H]5CC[C@@]4(C)[C@]3(C)CC[C@@]2(CN(CCO)C(=O)OC(C)(C)C)CC[C@H]1C. The molecule has 0 saturated heterocycles. The summed E-state index contributed by atoms with van der Waals surface area (Å²) in [5.41, 5.74) is 1.14. The molecular weight excluding hydrogens is 564 g/mol. The Morgan fingerprint density at radius 2 is 1.80 bits per heavy atom. The second-order valence-electron chi connectivity index (χ2n) is 18.2. The van der Waals surface area contributed by atoms with Gasteiger partial charge in [0.2, 0.25) is 0 Å². The summed E-state index contributed by atoms with van der Waals surface area (Å²) >= 11 is 0. The van der Waals surface area contributed by atoms with Gasteiger partial charge in [0, 0.05) is 30.0 Å². The van der Waals surface area contributed by atoms with Crippen molar-refractivity contribution in [3.8, 4) is 0 Å². The Balaban J connectivity index is 1.43. The van der Waals surface area contributed by atoms with Crippen LogP contribution in [0.25, 0.3) is 0 Å². The van der Waals surface area contributed by atoms with Crippen LogP contribution in [0.15, 0.2) is 22.4 Å². The molecule has 1 amide bonds. The van der Waals surface area contributed by atoms with E-state index in [4.69, 9.17) is 9.26 Å². The predicted molar refractivity (Wildman–Crippen MR) is 174 cm³/mol. The molecule has 0 aromatic carbocycles. The van der Waals surface area contributed by atoms with Crippen molar-refractivity contribution in [3.05, 3.63) is 29.2 Å². The fraction of sp³-hybridized carbons (Fsp3) is 0.816. The van der Waals surface area contributed by atoms with Crippen molar-refractivity contribution in [3.63, 3.8) is 0 Å². The number of hydrogen-bond donors (Lipinski definition) is 1. The van der Waals surface area contributed by atoms with E-state index < -0.39 is 5.60 Å². The second kappa shape index (κ2) is 10.4. The predicted octanol–water partition coefficient (Wildman–Crippen LogP) is 7.75. The molecule has 3 saturated carbocycles. The molecule has 0 aliphatic heterocycles. The highest BCUT2D eigenvalue weighted by molar-refractivity contribution is 5.95. The Bertz CT molecular complexity index is 1390. The molecule has 45 heavy (non-hydrogen) atoms. The number of allylic oxidation sites excluding steroid dienone is 2. The number of carbonyl (C=O) groups is 2. The molecular formula is C38H58N2O5. The topological polar surface area (TPSA) is 92.9 Å². The zero-order valence-electron chi connectivity index (χ0n) is 29.6. The van der Waals surface area contributed by atoms with Gasteiger partial charge >= 0.3 is 6.09 Å². The molecule has 1 N–H and O–H groups in total. The van der Waals surface area contributed by atoms with Gasteiger partial charge in [-0.15, -0.1) is 0 Å². The molecule has 0 unspecified atom stereocenters. The highest BCUT2D eigenvalue weighted by Gasteiger charge is 2.70. The van der Waals surface area contributed by atoms with Crippen LogP contribution in [0.5, 0.6) is 0 Å². The van der Waals surface area contributed by atoms with Crippen molar-refractivity contribution >= 4 is 11.9 Å². The Labute approximate surface area is 270 Å². The Kier molecular flexibility index (Phi) is 7.59. The van der Waals surface area contributed by atoms with Crippen LogP contribution in [0.3, 0.4) is 0 Å². The van der Waals surface area contributed by atoms with Crippen LogP contribution in [0.2, 0.25) is 0 Å². The molecule has 3 fully saturated rings. The number of carbonyl (C=O) groups excluding carboxylic acids is 2. The lowest BCUT2D eigenvalue weighted by atomic mass is 9.33. The van der Waals surface area contributed by atoms with E-state index >= 15 is 0 Å². The Morgan fingerprint density at radius 1 is 1.09 bits per heavy atom. The summed E-state index contributed by atoms with van der Waals surface area (Å²) in [5, 5.41) is 14.2. The van der Waals surface area contributed by atoms with Crippen LogP contribution in [-0.2, 0) is 21.4 Å². The zero-order chi connectivity index (χ0) is 33.0. The van der Waals surface area contributed by atoms with E-state index in [1.807, 2.05) is 27.0 Å². The van der Waals surface area contributed by atoms with E-state index in [9.17, 15) is 14.7 Å². The van der Waals surface area contributed by atoms with Crippen LogP contribution in [-0.4, -0.2) is 52.3 Å². The molecule has 0 radical (unpaired) electrons. The lowest BCUT2D eigenvalue weighted by Crippen LogP contribution is -2.67. The highest BCUT2D eigenvalue weighted by atomic mass is 16.6. The van der Waals surface area contributed by atoms with Crippen LogP contribution in [0.1, 0.15) is 119 Å². The number of nitrogens with zero attached hydrogens (tertiary/aromatic N) is 2. The lowest BCUT2D eigenvalue weighted by Gasteiger charge is -2.70. The highest BCUT2D eigenvalue weighted by Crippen LogP contribution is 2.74. The maximum Gasteiger partial charge on any atom is 0.410 e. The van der Waals surface area contributed by atoms with Gasteiger partial charge in [-0.25, -0.2) is 4.79 Å². The van der Waals surface area contributed by atoms with E-state index in [1.165, 1.54) is 11.1 Å². The normalized spacial score (nSPS) is 41.9. The van der Waals surface area contributed by atoms with Gasteiger partial charge in [0.1, 0.15) is 11.4 Å². The third-order valence-electron chi connectivity index (χ3n) is 14.4. The quantitative estimate of drug-likeness (QED) is 0.369. The molecule has 1 aromatic rings. The molecule has 6 rings (SSSR count). The van der Waals surface area contributed by atoms with E-state index in [0.717, 1.165) is 50.7 Å². The number of ketones is 1. The summed E-state index contributed by atoms with van der Waals surface area (Å²) in [6.07, 6.45) is 10.7. The Hall–Kier alpha value is -2.15. The van der Waals surface area contributed by atoms with Gasteiger partial charge in [0.15, 0.2) is 5.78 Å². The summed E-state index contributed by atoms with van der Waals surface area (Å²) in [5.74, 6) is 2.59. The summed E-state index contributed by atoms with van der Waals surface area (Å²) in [6, 6.07) is 0. The monoisotopic (exact) mass is 622 g/mol.